The van der Waals surface area contributed by atoms with Crippen LogP contribution in [0.15, 0.2) is 4.52 Å². The van der Waals surface area contributed by atoms with Crippen LogP contribution in [0.5, 0.6) is 0 Å². The first kappa shape index (κ1) is 14.5. The topological polar surface area (TPSA) is 85.1 Å². The molecule has 0 amide bonds. The van der Waals surface area contributed by atoms with Crippen molar-refractivity contribution in [2.75, 3.05) is 19.3 Å². The molecular formula is C12H21N3O3S. The van der Waals surface area contributed by atoms with Crippen molar-refractivity contribution in [1.29, 1.82) is 0 Å². The van der Waals surface area contributed by atoms with Gasteiger partial charge in [-0.05, 0) is 25.8 Å². The molecule has 1 saturated heterocycles. The summed E-state index contributed by atoms with van der Waals surface area (Å²) >= 11 is 0. The summed E-state index contributed by atoms with van der Waals surface area (Å²) in [5.41, 5.74) is -0.178. The van der Waals surface area contributed by atoms with Gasteiger partial charge in [0, 0.05) is 12.8 Å². The van der Waals surface area contributed by atoms with Crippen molar-refractivity contribution < 1.29 is 12.9 Å². The first-order valence-electron chi connectivity index (χ1n) is 6.51. The van der Waals surface area contributed by atoms with E-state index in [0.717, 1.165) is 19.5 Å². The summed E-state index contributed by atoms with van der Waals surface area (Å²) in [5, 5.41) is 6.44. The van der Waals surface area contributed by atoms with Gasteiger partial charge in [-0.25, -0.2) is 8.42 Å². The van der Waals surface area contributed by atoms with Crippen molar-refractivity contribution in [3.63, 3.8) is 0 Å². The van der Waals surface area contributed by atoms with Crippen LogP contribution in [-0.4, -0.2) is 37.9 Å². The maximum absolute atomic E-state index is 11.5. The van der Waals surface area contributed by atoms with Crippen LogP contribution in [0.2, 0.25) is 0 Å². The number of hydrogen-bond acceptors (Lipinski definition) is 6. The molecule has 6 nitrogen and oxygen atoms in total. The largest absolute Gasteiger partial charge is 0.339 e. The Morgan fingerprint density at radius 2 is 2.05 bits per heavy atom. The SMILES string of the molecule is CC(C)C1(c2nc(C(C)S(C)(=O)=O)no2)CCNC1. The van der Waals surface area contributed by atoms with Crippen molar-refractivity contribution in [2.45, 2.75) is 37.9 Å². The highest BCUT2D eigenvalue weighted by Crippen LogP contribution is 2.37. The molecule has 7 heteroatoms. The van der Waals surface area contributed by atoms with Gasteiger partial charge in [0.1, 0.15) is 5.25 Å². The number of rotatable bonds is 4. The number of hydrogen-bond donors (Lipinski definition) is 1. The summed E-state index contributed by atoms with van der Waals surface area (Å²) in [6.45, 7) is 7.53. The van der Waals surface area contributed by atoms with E-state index in [9.17, 15) is 8.42 Å². The summed E-state index contributed by atoms with van der Waals surface area (Å²) in [6.07, 6.45) is 2.11. The molecule has 0 bridgehead atoms. The molecule has 0 aromatic carbocycles. The van der Waals surface area contributed by atoms with Crippen molar-refractivity contribution >= 4 is 9.84 Å². The fourth-order valence-corrected chi connectivity index (χ4v) is 2.91. The number of nitrogens with one attached hydrogen (secondary N) is 1. The molecule has 0 radical (unpaired) electrons. The maximum atomic E-state index is 11.5. The van der Waals surface area contributed by atoms with Crippen molar-refractivity contribution in [1.82, 2.24) is 15.5 Å². The van der Waals surface area contributed by atoms with Crippen LogP contribution >= 0.6 is 0 Å². The third-order valence-corrected chi connectivity index (χ3v) is 5.66. The van der Waals surface area contributed by atoms with Crippen LogP contribution in [0.25, 0.3) is 0 Å². The van der Waals surface area contributed by atoms with Crippen LogP contribution in [0.3, 0.4) is 0 Å². The lowest BCUT2D eigenvalue weighted by Crippen LogP contribution is -2.35. The summed E-state index contributed by atoms with van der Waals surface area (Å²) in [7, 11) is -3.21. The predicted octanol–water partition coefficient (Wildman–Crippen LogP) is 1.06. The summed E-state index contributed by atoms with van der Waals surface area (Å²) in [4.78, 5) is 4.36. The fourth-order valence-electron chi connectivity index (χ4n) is 2.43. The van der Waals surface area contributed by atoms with Gasteiger partial charge in [-0.2, -0.15) is 4.98 Å². The van der Waals surface area contributed by atoms with Gasteiger partial charge < -0.3 is 9.84 Å². The van der Waals surface area contributed by atoms with Crippen LogP contribution in [0.1, 0.15) is 44.2 Å². The molecule has 2 unspecified atom stereocenters. The minimum absolute atomic E-state index is 0.178. The minimum atomic E-state index is -3.21. The second kappa shape index (κ2) is 4.86. The highest BCUT2D eigenvalue weighted by molar-refractivity contribution is 7.90. The monoisotopic (exact) mass is 287 g/mol. The van der Waals surface area contributed by atoms with Gasteiger partial charge >= 0.3 is 0 Å². The van der Waals surface area contributed by atoms with Crippen molar-refractivity contribution in [2.24, 2.45) is 5.92 Å². The van der Waals surface area contributed by atoms with Gasteiger partial charge in [0.2, 0.25) is 5.89 Å². The zero-order valence-corrected chi connectivity index (χ0v) is 12.6. The molecule has 19 heavy (non-hydrogen) atoms. The van der Waals surface area contributed by atoms with Crippen molar-refractivity contribution in [3.8, 4) is 0 Å². The van der Waals surface area contributed by atoms with Crippen LogP contribution in [0.4, 0.5) is 0 Å². The molecule has 0 saturated carbocycles. The Labute approximate surface area is 113 Å². The lowest BCUT2D eigenvalue weighted by molar-refractivity contribution is 0.234. The van der Waals surface area contributed by atoms with Crippen molar-refractivity contribution in [3.05, 3.63) is 11.7 Å². The second-order valence-corrected chi connectivity index (χ2v) is 8.03. The van der Waals surface area contributed by atoms with Crippen LogP contribution in [0, 0.1) is 5.92 Å². The molecule has 1 aliphatic heterocycles. The quantitative estimate of drug-likeness (QED) is 0.891. The van der Waals surface area contributed by atoms with E-state index in [1.54, 1.807) is 6.92 Å². The molecule has 1 aromatic rings. The van der Waals surface area contributed by atoms with E-state index in [1.807, 2.05) is 0 Å². The molecule has 1 N–H and O–H groups in total. The van der Waals surface area contributed by atoms with E-state index in [-0.39, 0.29) is 11.2 Å². The highest BCUT2D eigenvalue weighted by Gasteiger charge is 2.44. The first-order valence-corrected chi connectivity index (χ1v) is 8.46. The Balaban J connectivity index is 2.35. The molecule has 1 aromatic heterocycles. The number of sulfone groups is 1. The average Bonchev–Trinajstić information content (AvgIpc) is 2.96. The summed E-state index contributed by atoms with van der Waals surface area (Å²) < 4.78 is 28.4. The first-order chi connectivity index (χ1) is 8.77. The maximum Gasteiger partial charge on any atom is 0.234 e. The Hall–Kier alpha value is -0.950. The normalized spacial score (nSPS) is 25.9. The van der Waals surface area contributed by atoms with Gasteiger partial charge in [-0.1, -0.05) is 19.0 Å². The molecule has 2 rings (SSSR count). The van der Waals surface area contributed by atoms with Gasteiger partial charge in [0.25, 0.3) is 0 Å². The molecule has 0 aliphatic carbocycles. The molecule has 2 heterocycles. The molecule has 1 fully saturated rings. The zero-order valence-electron chi connectivity index (χ0n) is 11.8. The second-order valence-electron chi connectivity index (χ2n) is 5.67. The average molecular weight is 287 g/mol. The molecule has 0 spiro atoms. The molecular weight excluding hydrogens is 266 g/mol. The predicted molar refractivity (Wildman–Crippen MR) is 71.6 cm³/mol. The van der Waals surface area contributed by atoms with Gasteiger partial charge in [-0.15, -0.1) is 0 Å². The van der Waals surface area contributed by atoms with E-state index < -0.39 is 15.1 Å². The van der Waals surface area contributed by atoms with Gasteiger partial charge in [0.05, 0.1) is 5.41 Å². The Morgan fingerprint density at radius 1 is 1.37 bits per heavy atom. The van der Waals surface area contributed by atoms with Gasteiger partial charge in [0.15, 0.2) is 15.7 Å². The van der Waals surface area contributed by atoms with Crippen LogP contribution < -0.4 is 5.32 Å². The Bertz CT molecular complexity index is 544. The standard InChI is InChI=1S/C12H21N3O3S/c1-8(2)12(5-6-13-7-12)11-14-10(15-18-11)9(3)19(4,16)17/h8-9,13H,5-7H2,1-4H3. The lowest BCUT2D eigenvalue weighted by atomic mass is 9.76. The lowest BCUT2D eigenvalue weighted by Gasteiger charge is -2.28. The molecule has 2 atom stereocenters. The van der Waals surface area contributed by atoms with E-state index in [4.69, 9.17) is 4.52 Å². The molecule has 108 valence electrons. The van der Waals surface area contributed by atoms with Gasteiger partial charge in [-0.3, -0.25) is 0 Å². The Morgan fingerprint density at radius 3 is 2.53 bits per heavy atom. The minimum Gasteiger partial charge on any atom is -0.339 e. The highest BCUT2D eigenvalue weighted by atomic mass is 32.2. The van der Waals surface area contributed by atoms with Crippen LogP contribution in [-0.2, 0) is 15.3 Å². The van der Waals surface area contributed by atoms with E-state index in [0.29, 0.717) is 11.8 Å². The third kappa shape index (κ3) is 2.53. The fraction of sp³-hybridized carbons (Fsp3) is 0.833. The third-order valence-electron chi connectivity index (χ3n) is 4.17. The smallest absolute Gasteiger partial charge is 0.234 e. The number of nitrogens with zero attached hydrogens (tertiary/aromatic N) is 2. The van der Waals surface area contributed by atoms with E-state index >= 15 is 0 Å². The summed E-state index contributed by atoms with van der Waals surface area (Å²) in [6, 6.07) is 0. The number of aromatic nitrogens is 2. The summed E-state index contributed by atoms with van der Waals surface area (Å²) in [5.74, 6) is 1.16. The zero-order chi connectivity index (χ0) is 14.3. The molecule has 1 aliphatic rings. The Kier molecular flexibility index (Phi) is 3.70. The van der Waals surface area contributed by atoms with E-state index in [1.165, 1.54) is 6.26 Å². The van der Waals surface area contributed by atoms with E-state index in [2.05, 4.69) is 29.3 Å².